The van der Waals surface area contributed by atoms with Crippen LogP contribution in [0, 0.1) is 0 Å². The molecule has 0 spiro atoms. The van der Waals surface area contributed by atoms with Gasteiger partial charge in [0.05, 0.1) is 0 Å². The van der Waals surface area contributed by atoms with Gasteiger partial charge in [-0.25, -0.2) is 0 Å². The van der Waals surface area contributed by atoms with Crippen molar-refractivity contribution in [2.75, 3.05) is 0 Å². The maximum Gasteiger partial charge on any atom is 0.784 e. The third-order valence-corrected chi connectivity index (χ3v) is 10.1. The molecule has 10 heteroatoms. The molecule has 0 unspecified atom stereocenters. The summed E-state index contributed by atoms with van der Waals surface area (Å²) in [6.45, 7) is 0.315. The lowest BCUT2D eigenvalue weighted by atomic mass is 10.0. The minimum atomic E-state index is -3.55. The standard InChI is InChI=1S/C24H20P.C8H12BO8/c1-5-13-21(14-6-1)25(22-15-7-2-8-16-22,23-17-9-3-10-18-23)24-19-11-4-12-20-24;1-5(10)14-9(15-6(2)11,16-7(3)12)17-8(4)13/h1-20H;1-4H3/q+1;-1. The Hall–Kier alpha value is -4.75. The maximum atomic E-state index is 10.8. The van der Waals surface area contributed by atoms with Crippen molar-refractivity contribution < 1.29 is 37.8 Å². The van der Waals surface area contributed by atoms with Crippen LogP contribution in [0.1, 0.15) is 27.7 Å². The Bertz CT molecular complexity index is 1250. The van der Waals surface area contributed by atoms with Crippen LogP contribution in [0.15, 0.2) is 121 Å². The average Bonchev–Trinajstić information content (AvgIpc) is 2.94. The highest BCUT2D eigenvalue weighted by molar-refractivity contribution is 8.01. The summed E-state index contributed by atoms with van der Waals surface area (Å²) in [5.41, 5.74) is 0. The quantitative estimate of drug-likeness (QED) is 0.226. The molecule has 4 aromatic rings. The zero-order valence-electron chi connectivity index (χ0n) is 23.8. The highest BCUT2D eigenvalue weighted by Crippen LogP contribution is 2.53. The van der Waals surface area contributed by atoms with Crippen molar-refractivity contribution >= 4 is 59.3 Å². The normalized spacial score (nSPS) is 10.8. The van der Waals surface area contributed by atoms with Crippen molar-refractivity contribution in [3.8, 4) is 0 Å². The summed E-state index contributed by atoms with van der Waals surface area (Å²) >= 11 is 0. The molecule has 0 saturated carbocycles. The minimum absolute atomic E-state index is 0.950. The Labute approximate surface area is 246 Å². The topological polar surface area (TPSA) is 105 Å². The fourth-order valence-corrected chi connectivity index (χ4v) is 8.72. The number of carbonyl (C=O) groups is 4. The Balaban J connectivity index is 0.000000252. The zero-order chi connectivity index (χ0) is 30.6. The number of hydrogen-bond acceptors (Lipinski definition) is 8. The van der Waals surface area contributed by atoms with E-state index in [1.807, 2.05) is 0 Å². The summed E-state index contributed by atoms with van der Waals surface area (Å²) in [4.78, 5) is 43.3. The Morgan fingerprint density at radius 2 is 0.595 bits per heavy atom. The van der Waals surface area contributed by atoms with Crippen LogP contribution in [0.4, 0.5) is 0 Å². The van der Waals surface area contributed by atoms with Crippen molar-refractivity contribution in [2.24, 2.45) is 0 Å². The molecule has 0 saturated heterocycles. The van der Waals surface area contributed by atoms with Crippen LogP contribution in [-0.4, -0.2) is 30.8 Å². The molecule has 4 rings (SSSR count). The number of hydrogen-bond donors (Lipinski definition) is 0. The molecule has 0 aliphatic heterocycles. The Morgan fingerprint density at radius 3 is 0.762 bits per heavy atom. The smallest absolute Gasteiger partial charge is 0.585 e. The van der Waals surface area contributed by atoms with Crippen LogP contribution >= 0.6 is 7.26 Å². The van der Waals surface area contributed by atoms with Crippen LogP contribution < -0.4 is 21.2 Å². The van der Waals surface area contributed by atoms with Crippen molar-refractivity contribution in [1.29, 1.82) is 0 Å². The van der Waals surface area contributed by atoms with E-state index in [1.54, 1.807) is 0 Å². The molecule has 0 N–H and O–H groups in total. The third kappa shape index (κ3) is 8.15. The van der Waals surface area contributed by atoms with E-state index in [-0.39, 0.29) is 0 Å². The van der Waals surface area contributed by atoms with Crippen molar-refractivity contribution in [1.82, 2.24) is 0 Å². The highest BCUT2D eigenvalue weighted by atomic mass is 31.2. The molecule has 0 aromatic heterocycles. The first-order chi connectivity index (χ1) is 20.1. The van der Waals surface area contributed by atoms with E-state index < -0.39 is 38.1 Å². The van der Waals surface area contributed by atoms with E-state index in [0.29, 0.717) is 0 Å². The maximum absolute atomic E-state index is 10.8. The van der Waals surface area contributed by atoms with E-state index in [2.05, 4.69) is 140 Å². The van der Waals surface area contributed by atoms with E-state index in [9.17, 15) is 19.2 Å². The molecule has 0 fully saturated rings. The Kier molecular flexibility index (Phi) is 11.2. The van der Waals surface area contributed by atoms with E-state index >= 15 is 0 Å². The van der Waals surface area contributed by atoms with Gasteiger partial charge in [0.1, 0.15) is 28.5 Å². The predicted molar refractivity (Wildman–Crippen MR) is 164 cm³/mol. The van der Waals surface area contributed by atoms with E-state index in [4.69, 9.17) is 0 Å². The van der Waals surface area contributed by atoms with E-state index in [0.717, 1.165) is 27.7 Å². The van der Waals surface area contributed by atoms with Gasteiger partial charge in [0, 0.05) is 27.7 Å². The molecule has 0 atom stereocenters. The lowest BCUT2D eigenvalue weighted by Crippen LogP contribution is -2.53. The van der Waals surface area contributed by atoms with Gasteiger partial charge in [0.15, 0.2) is 0 Å². The summed E-state index contributed by atoms with van der Waals surface area (Å²) in [5.74, 6) is -3.80. The minimum Gasteiger partial charge on any atom is -0.585 e. The van der Waals surface area contributed by atoms with E-state index in [1.165, 1.54) is 21.2 Å². The van der Waals surface area contributed by atoms with Gasteiger partial charge < -0.3 is 18.6 Å². The first kappa shape index (κ1) is 31.8. The fourth-order valence-electron chi connectivity index (χ4n) is 4.46. The SMILES string of the molecule is CC(=O)O[B-](OC(C)=O)(OC(C)=O)OC(C)=O.c1ccc([P+](c2ccccc2)(c2ccccc2)c2ccccc2)cc1. The van der Waals surface area contributed by atoms with Gasteiger partial charge in [-0.3, -0.25) is 19.2 Å². The van der Waals surface area contributed by atoms with Gasteiger partial charge in [-0.1, -0.05) is 72.8 Å². The molecule has 0 aliphatic carbocycles. The monoisotopic (exact) mass is 586 g/mol. The van der Waals surface area contributed by atoms with Crippen LogP contribution in [-0.2, 0) is 37.8 Å². The second kappa shape index (κ2) is 14.8. The summed E-state index contributed by atoms with van der Waals surface area (Å²) in [7, 11) is -1.91. The largest absolute Gasteiger partial charge is 0.784 e. The second-order valence-electron chi connectivity index (χ2n) is 9.03. The number of carbonyl (C=O) groups excluding carboxylic acids is 4. The first-order valence-electron chi connectivity index (χ1n) is 13.1. The van der Waals surface area contributed by atoms with Gasteiger partial charge in [-0.2, -0.15) is 0 Å². The lowest BCUT2D eigenvalue weighted by molar-refractivity contribution is -0.160. The van der Waals surface area contributed by atoms with Gasteiger partial charge in [0.2, 0.25) is 0 Å². The van der Waals surface area contributed by atoms with Crippen LogP contribution in [0.2, 0.25) is 0 Å². The fraction of sp³-hybridized carbons (Fsp3) is 0.125. The molecule has 0 aliphatic rings. The highest BCUT2D eigenvalue weighted by Gasteiger charge is 2.48. The molecule has 0 bridgehead atoms. The summed E-state index contributed by atoms with van der Waals surface area (Å²) in [5, 5.41) is 5.55. The molecule has 8 nitrogen and oxygen atoms in total. The van der Waals surface area contributed by atoms with Crippen molar-refractivity contribution in [2.45, 2.75) is 27.7 Å². The second-order valence-corrected chi connectivity index (χ2v) is 12.4. The van der Waals surface area contributed by atoms with Crippen LogP contribution in [0.5, 0.6) is 0 Å². The molecule has 216 valence electrons. The molecule has 0 radical (unpaired) electrons. The summed E-state index contributed by atoms with van der Waals surface area (Å²) in [6, 6.07) is 43.8. The van der Waals surface area contributed by atoms with Gasteiger partial charge in [-0.05, 0) is 48.5 Å². The molecular formula is C32H32BO8P. The molecule has 0 amide bonds. The van der Waals surface area contributed by atoms with Gasteiger partial charge in [-0.15, -0.1) is 0 Å². The van der Waals surface area contributed by atoms with Crippen LogP contribution in [0.25, 0.3) is 0 Å². The van der Waals surface area contributed by atoms with Crippen molar-refractivity contribution in [3.63, 3.8) is 0 Å². The van der Waals surface area contributed by atoms with Crippen molar-refractivity contribution in [3.05, 3.63) is 121 Å². The molecule has 42 heavy (non-hydrogen) atoms. The number of benzene rings is 4. The summed E-state index contributed by atoms with van der Waals surface area (Å²) in [6.07, 6.45) is 0. The molecular weight excluding hydrogens is 554 g/mol. The third-order valence-electron chi connectivity index (χ3n) is 5.82. The lowest BCUT2D eigenvalue weighted by Gasteiger charge is -2.36. The van der Waals surface area contributed by atoms with Crippen LogP contribution in [0.3, 0.4) is 0 Å². The predicted octanol–water partition coefficient (Wildman–Crippen LogP) is 3.98. The molecule has 4 aromatic carbocycles. The average molecular weight is 586 g/mol. The number of rotatable bonds is 8. The van der Waals surface area contributed by atoms with Gasteiger partial charge in [0.25, 0.3) is 23.9 Å². The molecule has 0 heterocycles. The van der Waals surface area contributed by atoms with Gasteiger partial charge >= 0.3 is 6.96 Å². The first-order valence-corrected chi connectivity index (χ1v) is 14.9. The summed E-state index contributed by atoms with van der Waals surface area (Å²) < 4.78 is 17.9. The zero-order valence-corrected chi connectivity index (χ0v) is 24.7. The Morgan fingerprint density at radius 1 is 0.405 bits per heavy atom.